The van der Waals surface area contributed by atoms with Gasteiger partial charge in [-0.15, -0.1) is 12.4 Å². The number of nitrogens with one attached hydrogen (secondary N) is 1. The highest BCUT2D eigenvalue weighted by molar-refractivity contribution is 14.1. The lowest BCUT2D eigenvalue weighted by molar-refractivity contribution is 0.0948. The van der Waals surface area contributed by atoms with Gasteiger partial charge in [0.05, 0.1) is 0 Å². The number of halogens is 2. The third kappa shape index (κ3) is 4.81. The smallest absolute Gasteiger partial charge is 0.251 e. The molecule has 1 atom stereocenters. The summed E-state index contributed by atoms with van der Waals surface area (Å²) in [4.78, 5) is 11.9. The fraction of sp³-hybridized carbons (Fsp3) is 0.417. The first-order chi connectivity index (χ1) is 7.56. The second kappa shape index (κ2) is 7.89. The molecule has 17 heavy (non-hydrogen) atoms. The van der Waals surface area contributed by atoms with E-state index in [1.165, 1.54) is 0 Å². The van der Waals surface area contributed by atoms with Crippen molar-refractivity contribution in [2.45, 2.75) is 13.8 Å². The van der Waals surface area contributed by atoms with Crippen molar-refractivity contribution in [2.75, 3.05) is 13.1 Å². The van der Waals surface area contributed by atoms with Crippen LogP contribution in [0.4, 0.5) is 0 Å². The molecule has 0 aromatic heterocycles. The van der Waals surface area contributed by atoms with Crippen LogP contribution >= 0.6 is 35.0 Å². The van der Waals surface area contributed by atoms with Crippen LogP contribution in [0.3, 0.4) is 0 Å². The van der Waals surface area contributed by atoms with Gasteiger partial charge in [-0.2, -0.15) is 0 Å². The number of carbonyl (C=O) groups excluding carboxylic acids is 1. The fourth-order valence-corrected chi connectivity index (χ4v) is 1.80. The van der Waals surface area contributed by atoms with Crippen molar-refractivity contribution in [1.82, 2.24) is 5.32 Å². The zero-order chi connectivity index (χ0) is 12.1. The summed E-state index contributed by atoms with van der Waals surface area (Å²) in [7, 11) is 0. The first-order valence-corrected chi connectivity index (χ1v) is 6.37. The van der Waals surface area contributed by atoms with E-state index in [-0.39, 0.29) is 18.3 Å². The zero-order valence-electron chi connectivity index (χ0n) is 10.00. The van der Waals surface area contributed by atoms with Gasteiger partial charge >= 0.3 is 0 Å². The number of carbonyl (C=O) groups is 1. The van der Waals surface area contributed by atoms with Gasteiger partial charge in [-0.3, -0.25) is 4.79 Å². The molecule has 5 heteroatoms. The van der Waals surface area contributed by atoms with E-state index in [1.54, 1.807) is 0 Å². The Kier molecular flexibility index (Phi) is 7.74. The molecular formula is C12H18ClIN2O. The van der Waals surface area contributed by atoms with Crippen LogP contribution in [-0.2, 0) is 0 Å². The van der Waals surface area contributed by atoms with Crippen molar-refractivity contribution < 1.29 is 4.79 Å². The molecule has 0 radical (unpaired) electrons. The molecule has 0 heterocycles. The van der Waals surface area contributed by atoms with Crippen molar-refractivity contribution >= 4 is 40.9 Å². The highest BCUT2D eigenvalue weighted by Gasteiger charge is 2.10. The summed E-state index contributed by atoms with van der Waals surface area (Å²) in [5.74, 6) is 0.295. The minimum atomic E-state index is -0.0173. The number of hydrogen-bond donors (Lipinski definition) is 2. The Hall–Kier alpha value is -0.330. The van der Waals surface area contributed by atoms with Crippen molar-refractivity contribution in [3.8, 4) is 0 Å². The predicted octanol–water partition coefficient (Wildman–Crippen LogP) is 2.35. The Morgan fingerprint density at radius 2 is 2.18 bits per heavy atom. The molecule has 96 valence electrons. The molecule has 1 aromatic rings. The van der Waals surface area contributed by atoms with Crippen molar-refractivity contribution in [3.63, 3.8) is 0 Å². The molecule has 1 rings (SSSR count). The number of nitrogens with two attached hydrogens (primary N) is 1. The first kappa shape index (κ1) is 16.7. The fourth-order valence-electron chi connectivity index (χ4n) is 1.30. The van der Waals surface area contributed by atoms with E-state index in [1.807, 2.05) is 32.0 Å². The predicted molar refractivity (Wildman–Crippen MR) is 81.7 cm³/mol. The van der Waals surface area contributed by atoms with E-state index in [4.69, 9.17) is 5.73 Å². The largest absolute Gasteiger partial charge is 0.352 e. The van der Waals surface area contributed by atoms with Gasteiger partial charge in [0.25, 0.3) is 5.91 Å². The lowest BCUT2D eigenvalue weighted by atomic mass is 10.1. The molecule has 0 saturated heterocycles. The monoisotopic (exact) mass is 368 g/mol. The summed E-state index contributed by atoms with van der Waals surface area (Å²) in [6.45, 7) is 5.19. The molecule has 1 aromatic carbocycles. The summed E-state index contributed by atoms with van der Waals surface area (Å²) in [6.07, 6.45) is 0. The SMILES string of the molecule is Cc1c(I)cccc1C(=O)NCC(C)CN.Cl. The summed E-state index contributed by atoms with van der Waals surface area (Å²) in [5, 5.41) is 2.90. The normalized spacial score (nSPS) is 11.5. The van der Waals surface area contributed by atoms with Gasteiger partial charge in [0.2, 0.25) is 0 Å². The van der Waals surface area contributed by atoms with Crippen molar-refractivity contribution in [3.05, 3.63) is 32.9 Å². The molecule has 0 fully saturated rings. The quantitative estimate of drug-likeness (QED) is 0.802. The second-order valence-electron chi connectivity index (χ2n) is 3.96. The Balaban J connectivity index is 0.00000256. The van der Waals surface area contributed by atoms with Crippen LogP contribution in [0.2, 0.25) is 0 Å². The zero-order valence-corrected chi connectivity index (χ0v) is 13.0. The first-order valence-electron chi connectivity index (χ1n) is 5.29. The Labute approximate surface area is 122 Å². The van der Waals surface area contributed by atoms with E-state index >= 15 is 0 Å². The van der Waals surface area contributed by atoms with Gasteiger partial charge < -0.3 is 11.1 Å². The third-order valence-electron chi connectivity index (χ3n) is 2.53. The van der Waals surface area contributed by atoms with E-state index in [2.05, 4.69) is 27.9 Å². The Morgan fingerprint density at radius 3 is 2.76 bits per heavy atom. The van der Waals surface area contributed by atoms with E-state index in [9.17, 15) is 4.79 Å². The van der Waals surface area contributed by atoms with E-state index in [0.29, 0.717) is 19.0 Å². The number of benzene rings is 1. The average molecular weight is 369 g/mol. The average Bonchev–Trinajstić information content (AvgIpc) is 2.29. The van der Waals surface area contributed by atoms with Crippen LogP contribution in [0.25, 0.3) is 0 Å². The number of hydrogen-bond acceptors (Lipinski definition) is 2. The van der Waals surface area contributed by atoms with E-state index in [0.717, 1.165) is 14.7 Å². The molecule has 0 bridgehead atoms. The minimum Gasteiger partial charge on any atom is -0.352 e. The second-order valence-corrected chi connectivity index (χ2v) is 5.13. The third-order valence-corrected chi connectivity index (χ3v) is 3.69. The standard InChI is InChI=1S/C12H17IN2O.ClH/c1-8(6-14)7-15-12(16)10-4-3-5-11(13)9(10)2;/h3-5,8H,6-7,14H2,1-2H3,(H,15,16);1H. The molecule has 0 saturated carbocycles. The molecule has 0 aliphatic rings. The van der Waals surface area contributed by atoms with Crippen molar-refractivity contribution in [2.24, 2.45) is 11.7 Å². The lowest BCUT2D eigenvalue weighted by Crippen LogP contribution is -2.31. The molecule has 3 N–H and O–H groups in total. The maximum absolute atomic E-state index is 11.9. The van der Waals surface area contributed by atoms with Gasteiger partial charge in [0.15, 0.2) is 0 Å². The van der Waals surface area contributed by atoms with Crippen LogP contribution in [0.15, 0.2) is 18.2 Å². The summed E-state index contributed by atoms with van der Waals surface area (Å²) in [6, 6.07) is 5.74. The molecule has 0 aliphatic carbocycles. The topological polar surface area (TPSA) is 55.1 Å². The van der Waals surface area contributed by atoms with Crippen LogP contribution in [-0.4, -0.2) is 19.0 Å². The highest BCUT2D eigenvalue weighted by atomic mass is 127. The van der Waals surface area contributed by atoms with Gasteiger partial charge in [-0.25, -0.2) is 0 Å². The Bertz CT molecular complexity index is 385. The summed E-state index contributed by atoms with van der Waals surface area (Å²) < 4.78 is 1.11. The van der Waals surface area contributed by atoms with Crippen molar-refractivity contribution in [1.29, 1.82) is 0 Å². The molecule has 0 spiro atoms. The summed E-state index contributed by atoms with van der Waals surface area (Å²) in [5.41, 5.74) is 7.27. The lowest BCUT2D eigenvalue weighted by Gasteiger charge is -2.12. The van der Waals surface area contributed by atoms with Gasteiger partial charge in [0.1, 0.15) is 0 Å². The number of rotatable bonds is 4. The number of amides is 1. The van der Waals surface area contributed by atoms with Gasteiger partial charge in [0, 0.05) is 15.7 Å². The summed E-state index contributed by atoms with van der Waals surface area (Å²) >= 11 is 2.23. The minimum absolute atomic E-state index is 0. The molecule has 3 nitrogen and oxygen atoms in total. The van der Waals surface area contributed by atoms with Crippen LogP contribution in [0.1, 0.15) is 22.8 Å². The van der Waals surface area contributed by atoms with E-state index < -0.39 is 0 Å². The molecular weight excluding hydrogens is 351 g/mol. The Morgan fingerprint density at radius 1 is 1.53 bits per heavy atom. The molecule has 1 amide bonds. The van der Waals surface area contributed by atoms with Crippen LogP contribution in [0, 0.1) is 16.4 Å². The van der Waals surface area contributed by atoms with Gasteiger partial charge in [-0.05, 0) is 59.7 Å². The molecule has 1 unspecified atom stereocenters. The van der Waals surface area contributed by atoms with Crippen LogP contribution < -0.4 is 11.1 Å². The highest BCUT2D eigenvalue weighted by Crippen LogP contribution is 2.15. The van der Waals surface area contributed by atoms with Crippen LogP contribution in [0.5, 0.6) is 0 Å². The molecule has 0 aliphatic heterocycles. The maximum Gasteiger partial charge on any atom is 0.251 e. The van der Waals surface area contributed by atoms with Gasteiger partial charge in [-0.1, -0.05) is 13.0 Å². The maximum atomic E-state index is 11.9.